The van der Waals surface area contributed by atoms with Gasteiger partial charge in [0.2, 0.25) is 5.91 Å². The molecule has 2 N–H and O–H groups in total. The molecule has 0 aliphatic heterocycles. The quantitative estimate of drug-likeness (QED) is 0.699. The summed E-state index contributed by atoms with van der Waals surface area (Å²) >= 11 is 0. The maximum absolute atomic E-state index is 12.0. The van der Waals surface area contributed by atoms with Crippen molar-refractivity contribution in [2.24, 2.45) is 0 Å². The third kappa shape index (κ3) is 5.66. The molecule has 0 unspecified atom stereocenters. The van der Waals surface area contributed by atoms with E-state index in [1.165, 1.54) is 19.3 Å². The monoisotopic (exact) mass is 354 g/mol. The van der Waals surface area contributed by atoms with Gasteiger partial charge in [0.05, 0.1) is 7.11 Å². The molecule has 0 aromatic heterocycles. The van der Waals surface area contributed by atoms with Crippen LogP contribution < -0.4 is 15.2 Å². The number of methoxy groups -OCH3 is 1. The van der Waals surface area contributed by atoms with Gasteiger partial charge in [0, 0.05) is 24.5 Å². The molecule has 0 saturated carbocycles. The Morgan fingerprint density at radius 1 is 1.23 bits per heavy atom. The van der Waals surface area contributed by atoms with Crippen LogP contribution in [0.25, 0.3) is 6.08 Å². The highest BCUT2D eigenvalue weighted by atomic mass is 16.5. The third-order valence-electron chi connectivity index (χ3n) is 3.84. The predicted octanol–water partition coefficient (Wildman–Crippen LogP) is 1.45. The fourth-order valence-corrected chi connectivity index (χ4v) is 2.49. The molecule has 0 aliphatic rings. The third-order valence-corrected chi connectivity index (χ3v) is 3.84. The van der Waals surface area contributed by atoms with E-state index in [9.17, 15) is 19.8 Å². The average Bonchev–Trinajstić information content (AvgIpc) is 2.64. The Hall–Kier alpha value is -3.28. The minimum absolute atomic E-state index is 0.0158. The smallest absolute Gasteiger partial charge is 0.244 e. The van der Waals surface area contributed by atoms with E-state index in [1.54, 1.807) is 18.2 Å². The summed E-state index contributed by atoms with van der Waals surface area (Å²) in [7, 11) is 1.44. The van der Waals surface area contributed by atoms with Gasteiger partial charge in [-0.05, 0) is 35.8 Å². The van der Waals surface area contributed by atoms with Crippen molar-refractivity contribution in [2.45, 2.75) is 12.3 Å². The van der Waals surface area contributed by atoms with E-state index < -0.39 is 5.97 Å². The number of carboxylic acid groups (broad SMARTS) is 1. The lowest BCUT2D eigenvalue weighted by atomic mass is 9.96. The number of carboxylic acids is 1. The van der Waals surface area contributed by atoms with E-state index in [0.29, 0.717) is 11.3 Å². The van der Waals surface area contributed by atoms with Gasteiger partial charge < -0.3 is 25.1 Å². The van der Waals surface area contributed by atoms with Crippen molar-refractivity contribution in [3.63, 3.8) is 0 Å². The summed E-state index contributed by atoms with van der Waals surface area (Å²) in [6.07, 6.45) is 2.74. The number of hydrogen-bond acceptors (Lipinski definition) is 5. The molecule has 0 saturated heterocycles. The van der Waals surface area contributed by atoms with Gasteiger partial charge in [-0.25, -0.2) is 0 Å². The second-order valence-electron chi connectivity index (χ2n) is 5.69. The highest BCUT2D eigenvalue weighted by Gasteiger charge is 2.12. The summed E-state index contributed by atoms with van der Waals surface area (Å²) in [5, 5.41) is 23.2. The number of hydrogen-bond donors (Lipinski definition) is 2. The average molecular weight is 354 g/mol. The molecule has 2 aromatic carbocycles. The molecule has 0 bridgehead atoms. The van der Waals surface area contributed by atoms with Gasteiger partial charge in [-0.15, -0.1) is 0 Å². The second kappa shape index (κ2) is 9.27. The topological polar surface area (TPSA) is 98.7 Å². The first kappa shape index (κ1) is 19.1. The van der Waals surface area contributed by atoms with Crippen LogP contribution in [0.1, 0.15) is 23.5 Å². The van der Waals surface area contributed by atoms with Crippen LogP contribution in [0.15, 0.2) is 54.6 Å². The Morgan fingerprint density at radius 3 is 2.62 bits per heavy atom. The van der Waals surface area contributed by atoms with Gasteiger partial charge in [-0.1, -0.05) is 36.4 Å². The molecule has 2 aromatic rings. The van der Waals surface area contributed by atoms with E-state index in [4.69, 9.17) is 4.74 Å². The zero-order valence-electron chi connectivity index (χ0n) is 14.3. The summed E-state index contributed by atoms with van der Waals surface area (Å²) < 4.78 is 5.01. The van der Waals surface area contributed by atoms with Gasteiger partial charge in [-0.2, -0.15) is 0 Å². The van der Waals surface area contributed by atoms with Crippen LogP contribution in [0.4, 0.5) is 0 Å². The molecule has 0 aliphatic carbocycles. The summed E-state index contributed by atoms with van der Waals surface area (Å²) in [5.74, 6) is -1.56. The first-order valence-electron chi connectivity index (χ1n) is 8.07. The summed E-state index contributed by atoms with van der Waals surface area (Å²) in [4.78, 5) is 23.0. The van der Waals surface area contributed by atoms with Crippen LogP contribution in [0, 0.1) is 0 Å². The van der Waals surface area contributed by atoms with Gasteiger partial charge in [0.25, 0.3) is 0 Å². The Kier molecular flexibility index (Phi) is 6.79. The molecule has 0 fully saturated rings. The van der Waals surface area contributed by atoms with Crippen molar-refractivity contribution in [1.82, 2.24) is 5.32 Å². The number of ether oxygens (including phenoxy) is 1. The number of benzene rings is 2. The molecule has 136 valence electrons. The molecule has 6 nitrogen and oxygen atoms in total. The largest absolute Gasteiger partial charge is 0.550 e. The second-order valence-corrected chi connectivity index (χ2v) is 5.69. The molecule has 0 spiro atoms. The summed E-state index contributed by atoms with van der Waals surface area (Å²) in [6.45, 7) is 0.181. The van der Waals surface area contributed by atoms with E-state index in [0.717, 1.165) is 5.56 Å². The number of amides is 1. The lowest BCUT2D eigenvalue weighted by Gasteiger charge is -2.18. The lowest BCUT2D eigenvalue weighted by molar-refractivity contribution is -0.306. The van der Waals surface area contributed by atoms with Gasteiger partial charge in [-0.3, -0.25) is 4.79 Å². The van der Waals surface area contributed by atoms with Crippen molar-refractivity contribution in [3.05, 3.63) is 65.7 Å². The number of carbonyl (C=O) groups excluding carboxylic acids is 2. The Morgan fingerprint density at radius 2 is 1.96 bits per heavy atom. The van der Waals surface area contributed by atoms with Crippen LogP contribution in [0.3, 0.4) is 0 Å². The van der Waals surface area contributed by atoms with E-state index in [-0.39, 0.29) is 30.5 Å². The zero-order valence-corrected chi connectivity index (χ0v) is 14.3. The van der Waals surface area contributed by atoms with Crippen molar-refractivity contribution in [1.29, 1.82) is 0 Å². The van der Waals surface area contributed by atoms with Crippen LogP contribution in [-0.4, -0.2) is 30.6 Å². The summed E-state index contributed by atoms with van der Waals surface area (Å²) in [5.41, 5.74) is 1.51. The maximum atomic E-state index is 12.0. The van der Waals surface area contributed by atoms with Crippen molar-refractivity contribution < 1.29 is 24.5 Å². The number of nitrogens with one attached hydrogen (secondary N) is 1. The SMILES string of the molecule is COc1cc(/C=C/C(=O)NC[C@H](CC(=O)[O-])c2ccccc2)ccc1O. The Balaban J connectivity index is 1.98. The number of rotatable bonds is 8. The molecular weight excluding hydrogens is 334 g/mol. The number of phenols is 1. The maximum Gasteiger partial charge on any atom is 0.244 e. The first-order chi connectivity index (χ1) is 12.5. The van der Waals surface area contributed by atoms with E-state index in [2.05, 4.69) is 5.32 Å². The molecule has 2 rings (SSSR count). The fourth-order valence-electron chi connectivity index (χ4n) is 2.49. The first-order valence-corrected chi connectivity index (χ1v) is 8.07. The lowest BCUT2D eigenvalue weighted by Crippen LogP contribution is -2.31. The van der Waals surface area contributed by atoms with Crippen LogP contribution >= 0.6 is 0 Å². The summed E-state index contributed by atoms with van der Waals surface area (Å²) in [6, 6.07) is 13.8. The molecule has 0 heterocycles. The number of carbonyl (C=O) groups is 2. The van der Waals surface area contributed by atoms with E-state index >= 15 is 0 Å². The standard InChI is InChI=1S/C20H21NO5/c1-26-18-11-14(7-9-17(18)22)8-10-19(23)21-13-16(12-20(24)25)15-5-3-2-4-6-15/h2-11,16,22H,12-13H2,1H3,(H,21,23)(H,24,25)/p-1/b10-8+/t16-/m0/s1. The normalized spacial score (nSPS) is 11.9. The van der Waals surface area contributed by atoms with Gasteiger partial charge in [0.15, 0.2) is 11.5 Å². The minimum Gasteiger partial charge on any atom is -0.550 e. The van der Waals surface area contributed by atoms with Gasteiger partial charge in [0.1, 0.15) is 0 Å². The highest BCUT2D eigenvalue weighted by molar-refractivity contribution is 5.91. The number of aliphatic carboxylic acids is 1. The Labute approximate surface area is 151 Å². The van der Waals surface area contributed by atoms with Crippen LogP contribution in [-0.2, 0) is 9.59 Å². The van der Waals surface area contributed by atoms with Crippen molar-refractivity contribution >= 4 is 18.0 Å². The fraction of sp³-hybridized carbons (Fsp3) is 0.200. The number of phenolic OH excluding ortho intramolecular Hbond substituents is 1. The van der Waals surface area contributed by atoms with Crippen molar-refractivity contribution in [2.75, 3.05) is 13.7 Å². The molecular formula is C20H20NO5-. The molecule has 26 heavy (non-hydrogen) atoms. The molecule has 6 heteroatoms. The van der Waals surface area contributed by atoms with Crippen LogP contribution in [0.2, 0.25) is 0 Å². The molecule has 1 amide bonds. The molecule has 0 radical (unpaired) electrons. The minimum atomic E-state index is -1.17. The predicted molar refractivity (Wildman–Crippen MR) is 95.5 cm³/mol. The van der Waals surface area contributed by atoms with Crippen molar-refractivity contribution in [3.8, 4) is 11.5 Å². The Bertz CT molecular complexity index is 786. The van der Waals surface area contributed by atoms with E-state index in [1.807, 2.05) is 30.3 Å². The van der Waals surface area contributed by atoms with Crippen LogP contribution in [0.5, 0.6) is 11.5 Å². The van der Waals surface area contributed by atoms with Gasteiger partial charge >= 0.3 is 0 Å². The number of aromatic hydroxyl groups is 1. The molecule has 1 atom stereocenters. The highest BCUT2D eigenvalue weighted by Crippen LogP contribution is 2.26. The zero-order chi connectivity index (χ0) is 18.9.